The van der Waals surface area contributed by atoms with Crippen molar-refractivity contribution in [1.29, 1.82) is 0 Å². The molecule has 0 radical (unpaired) electrons. The van der Waals surface area contributed by atoms with Crippen LogP contribution in [0.3, 0.4) is 0 Å². The van der Waals surface area contributed by atoms with Crippen molar-refractivity contribution in [3.05, 3.63) is 76.6 Å². The maximum atomic E-state index is 13.5. The third-order valence-corrected chi connectivity index (χ3v) is 3.16. The van der Waals surface area contributed by atoms with E-state index < -0.39 is 0 Å². The molecule has 0 saturated heterocycles. The fraction of sp³-hybridized carbons (Fsp3) is 0.0667. The number of halogens is 1. The first-order valence-corrected chi connectivity index (χ1v) is 6.15. The average molecular weight is 266 g/mol. The van der Waals surface area contributed by atoms with Gasteiger partial charge in [0.25, 0.3) is 0 Å². The Labute approximate surface area is 114 Å². The van der Waals surface area contributed by atoms with E-state index >= 15 is 0 Å². The van der Waals surface area contributed by atoms with E-state index in [1.165, 1.54) is 12.1 Å². The summed E-state index contributed by atoms with van der Waals surface area (Å²) in [6.45, 7) is 0.240. The van der Waals surface area contributed by atoms with Crippen LogP contribution in [0.25, 0.3) is 27.2 Å². The molecular weight excluding hydrogens is 255 g/mol. The van der Waals surface area contributed by atoms with Crippen molar-refractivity contribution in [1.82, 2.24) is 4.40 Å². The van der Waals surface area contributed by atoms with Gasteiger partial charge in [0.15, 0.2) is 0 Å². The van der Waals surface area contributed by atoms with Crippen molar-refractivity contribution in [3.8, 4) is 11.3 Å². The fourth-order valence-electron chi connectivity index (χ4n) is 2.37. The van der Waals surface area contributed by atoms with E-state index in [1.54, 1.807) is 6.07 Å². The average Bonchev–Trinajstić information content (AvgIpc) is 2.83. The lowest BCUT2D eigenvalue weighted by atomic mass is 10.1. The van der Waals surface area contributed by atoms with Crippen LogP contribution in [-0.2, 0) is 6.54 Å². The molecule has 3 rings (SSSR count). The van der Waals surface area contributed by atoms with Gasteiger partial charge in [-0.2, -0.15) is 0 Å². The lowest BCUT2D eigenvalue weighted by molar-refractivity contribution is 0.628. The molecule has 0 N–H and O–H groups in total. The number of nitrogens with zero attached hydrogens (tertiary/aromatic N) is 4. The summed E-state index contributed by atoms with van der Waals surface area (Å²) in [5.74, 6) is -0.289. The van der Waals surface area contributed by atoms with E-state index in [0.29, 0.717) is 0 Å². The van der Waals surface area contributed by atoms with Crippen molar-refractivity contribution >= 4 is 5.52 Å². The molecule has 2 aromatic heterocycles. The second-order valence-electron chi connectivity index (χ2n) is 4.41. The first kappa shape index (κ1) is 12.3. The van der Waals surface area contributed by atoms with Gasteiger partial charge in [0.2, 0.25) is 0 Å². The molecule has 0 amide bonds. The molecule has 98 valence electrons. The number of benzene rings is 1. The van der Waals surface area contributed by atoms with E-state index in [0.717, 1.165) is 22.3 Å². The van der Waals surface area contributed by atoms with Crippen LogP contribution in [0, 0.1) is 5.82 Å². The van der Waals surface area contributed by atoms with Crippen molar-refractivity contribution in [2.75, 3.05) is 0 Å². The maximum absolute atomic E-state index is 13.5. The predicted octanol–water partition coefficient (Wildman–Crippen LogP) is 4.56. The Morgan fingerprint density at radius 2 is 2.05 bits per heavy atom. The molecule has 4 nitrogen and oxygen atoms in total. The van der Waals surface area contributed by atoms with Crippen LogP contribution in [-0.4, -0.2) is 4.40 Å². The Bertz CT molecular complexity index is 816. The molecule has 2 heterocycles. The quantitative estimate of drug-likeness (QED) is 0.379. The molecule has 0 saturated carbocycles. The normalized spacial score (nSPS) is 10.4. The number of rotatable bonds is 3. The van der Waals surface area contributed by atoms with Crippen molar-refractivity contribution in [2.45, 2.75) is 6.54 Å². The number of pyridine rings is 1. The van der Waals surface area contributed by atoms with Gasteiger partial charge in [-0.1, -0.05) is 23.3 Å². The van der Waals surface area contributed by atoms with Gasteiger partial charge in [-0.15, -0.1) is 0 Å². The lowest BCUT2D eigenvalue weighted by Crippen LogP contribution is -1.91. The molecule has 0 fully saturated rings. The van der Waals surface area contributed by atoms with Gasteiger partial charge >= 0.3 is 0 Å². The van der Waals surface area contributed by atoms with Crippen LogP contribution >= 0.6 is 0 Å². The molecule has 0 unspecified atom stereocenters. The third kappa shape index (κ3) is 2.11. The minimum absolute atomic E-state index is 0.240. The molecule has 1 aromatic carbocycles. The summed E-state index contributed by atoms with van der Waals surface area (Å²) in [6, 6.07) is 14.2. The molecule has 0 aliphatic carbocycles. The molecule has 5 heteroatoms. The summed E-state index contributed by atoms with van der Waals surface area (Å²) in [6.07, 6.45) is 1.91. The van der Waals surface area contributed by atoms with Gasteiger partial charge in [-0.3, -0.25) is 0 Å². The first-order valence-electron chi connectivity index (χ1n) is 6.15. The van der Waals surface area contributed by atoms with Gasteiger partial charge in [0.1, 0.15) is 5.82 Å². The topological polar surface area (TPSA) is 53.2 Å². The van der Waals surface area contributed by atoms with Gasteiger partial charge in [0.05, 0.1) is 12.2 Å². The van der Waals surface area contributed by atoms with Gasteiger partial charge in [-0.05, 0) is 41.4 Å². The van der Waals surface area contributed by atoms with Gasteiger partial charge < -0.3 is 4.40 Å². The van der Waals surface area contributed by atoms with Crippen LogP contribution in [0.2, 0.25) is 0 Å². The van der Waals surface area contributed by atoms with E-state index in [2.05, 4.69) is 10.0 Å². The number of fused-ring (bicyclic) bond motifs is 1. The third-order valence-electron chi connectivity index (χ3n) is 3.16. The zero-order valence-corrected chi connectivity index (χ0v) is 10.6. The predicted molar refractivity (Wildman–Crippen MR) is 75.6 cm³/mol. The number of azide groups is 1. The summed E-state index contributed by atoms with van der Waals surface area (Å²) < 4.78 is 15.4. The Kier molecular flexibility index (Phi) is 3.11. The molecule has 0 aliphatic rings. The number of aromatic nitrogens is 1. The molecule has 0 atom stereocenters. The molecule has 0 aliphatic heterocycles. The van der Waals surface area contributed by atoms with Crippen LogP contribution in [0.1, 0.15) is 5.56 Å². The first-order chi connectivity index (χ1) is 9.79. The van der Waals surface area contributed by atoms with Crippen molar-refractivity contribution in [3.63, 3.8) is 0 Å². The van der Waals surface area contributed by atoms with E-state index in [4.69, 9.17) is 5.53 Å². The highest BCUT2D eigenvalue weighted by atomic mass is 19.1. The smallest absolute Gasteiger partial charge is 0.123 e. The molecule has 20 heavy (non-hydrogen) atoms. The van der Waals surface area contributed by atoms with Gasteiger partial charge in [-0.25, -0.2) is 4.39 Å². The standard InChI is InChI=1S/C15H11FN4/c16-13-5-3-4-11(8-13)15-12(10-18-19-17)9-14-6-1-2-7-20(14)15/h1-9H,10H2. The Morgan fingerprint density at radius 1 is 1.15 bits per heavy atom. The second kappa shape index (κ2) is 5.07. The largest absolute Gasteiger partial charge is 0.316 e. The summed E-state index contributed by atoms with van der Waals surface area (Å²) >= 11 is 0. The van der Waals surface area contributed by atoms with E-state index in [1.807, 2.05) is 40.9 Å². The fourth-order valence-corrected chi connectivity index (χ4v) is 2.37. The number of hydrogen-bond donors (Lipinski definition) is 0. The summed E-state index contributed by atoms with van der Waals surface area (Å²) in [5, 5.41) is 3.62. The summed E-state index contributed by atoms with van der Waals surface area (Å²) in [7, 11) is 0. The summed E-state index contributed by atoms with van der Waals surface area (Å²) in [5.41, 5.74) is 12.0. The van der Waals surface area contributed by atoms with E-state index in [9.17, 15) is 4.39 Å². The monoisotopic (exact) mass is 266 g/mol. The number of hydrogen-bond acceptors (Lipinski definition) is 1. The Hall–Kier alpha value is -2.78. The van der Waals surface area contributed by atoms with Crippen LogP contribution < -0.4 is 0 Å². The van der Waals surface area contributed by atoms with Crippen LogP contribution in [0.15, 0.2) is 59.8 Å². The minimum atomic E-state index is -0.289. The molecule has 0 spiro atoms. The minimum Gasteiger partial charge on any atom is -0.316 e. The SMILES string of the molecule is [N-]=[N+]=NCc1cc2ccccn2c1-c1cccc(F)c1. The highest BCUT2D eigenvalue weighted by Gasteiger charge is 2.11. The van der Waals surface area contributed by atoms with Crippen molar-refractivity contribution in [2.24, 2.45) is 5.11 Å². The lowest BCUT2D eigenvalue weighted by Gasteiger charge is -2.06. The van der Waals surface area contributed by atoms with Crippen LogP contribution in [0.4, 0.5) is 4.39 Å². The van der Waals surface area contributed by atoms with Crippen molar-refractivity contribution < 1.29 is 4.39 Å². The van der Waals surface area contributed by atoms with Crippen LogP contribution in [0.5, 0.6) is 0 Å². The maximum Gasteiger partial charge on any atom is 0.123 e. The highest BCUT2D eigenvalue weighted by molar-refractivity contribution is 5.71. The zero-order chi connectivity index (χ0) is 13.9. The zero-order valence-electron chi connectivity index (χ0n) is 10.6. The second-order valence-corrected chi connectivity index (χ2v) is 4.41. The molecular formula is C15H11FN4. The summed E-state index contributed by atoms with van der Waals surface area (Å²) in [4.78, 5) is 2.80. The van der Waals surface area contributed by atoms with Gasteiger partial charge in [0, 0.05) is 22.2 Å². The Morgan fingerprint density at radius 3 is 2.85 bits per heavy atom. The molecule has 3 aromatic rings. The highest BCUT2D eigenvalue weighted by Crippen LogP contribution is 2.28. The Balaban J connectivity index is 2.28. The molecule has 0 bridgehead atoms. The van der Waals surface area contributed by atoms with E-state index in [-0.39, 0.29) is 12.4 Å².